The Bertz CT molecular complexity index is 1480. The molecule has 0 radical (unpaired) electrons. The van der Waals surface area contributed by atoms with Crippen LogP contribution < -0.4 is 5.73 Å². The van der Waals surface area contributed by atoms with Crippen LogP contribution in [-0.2, 0) is 16.2 Å². The van der Waals surface area contributed by atoms with Gasteiger partial charge in [0.2, 0.25) is 0 Å². The van der Waals surface area contributed by atoms with Crippen LogP contribution in [-0.4, -0.2) is 37.5 Å². The zero-order valence-corrected chi connectivity index (χ0v) is 22.5. The molecule has 0 amide bonds. The molecule has 38 heavy (non-hydrogen) atoms. The largest absolute Gasteiger partial charge is 0.416 e. The van der Waals surface area contributed by atoms with Gasteiger partial charge in [-0.3, -0.25) is 0 Å². The highest BCUT2D eigenvalue weighted by Crippen LogP contribution is 2.32. The van der Waals surface area contributed by atoms with E-state index in [1.807, 2.05) is 54.6 Å². The minimum Gasteiger partial charge on any atom is -0.387 e. The number of nitrogens with two attached hydrogens (primary N) is 1. The molecule has 198 valence electrons. The van der Waals surface area contributed by atoms with Crippen molar-refractivity contribution in [2.75, 3.05) is 6.54 Å². The number of rotatable bonds is 4. The normalized spacial score (nSPS) is 17.3. The summed E-state index contributed by atoms with van der Waals surface area (Å²) in [6.45, 7) is 1.74. The molecule has 0 aliphatic carbocycles. The molecule has 0 saturated carbocycles. The Balaban J connectivity index is 1.78. The van der Waals surface area contributed by atoms with Crippen LogP contribution >= 0.6 is 15.9 Å². The molecule has 0 fully saturated rings. The van der Waals surface area contributed by atoms with Crippen molar-refractivity contribution in [2.24, 2.45) is 20.2 Å². The zero-order valence-electron chi connectivity index (χ0n) is 20.1. The van der Waals surface area contributed by atoms with E-state index in [2.05, 4.69) is 25.3 Å². The third-order valence-electron chi connectivity index (χ3n) is 5.72. The number of sulfonamides is 1. The van der Waals surface area contributed by atoms with Crippen LogP contribution in [0.25, 0.3) is 0 Å². The van der Waals surface area contributed by atoms with Gasteiger partial charge in [-0.15, -0.1) is 4.40 Å². The smallest absolute Gasteiger partial charge is 0.387 e. The highest BCUT2D eigenvalue weighted by Gasteiger charge is 2.32. The molecule has 0 saturated heterocycles. The second-order valence-electron chi connectivity index (χ2n) is 8.51. The topological polar surface area (TPSA) is 100 Å². The first-order valence-electron chi connectivity index (χ1n) is 11.4. The maximum absolute atomic E-state index is 13.0. The monoisotopic (exact) mass is 605 g/mol. The van der Waals surface area contributed by atoms with Crippen molar-refractivity contribution in [3.8, 4) is 0 Å². The van der Waals surface area contributed by atoms with Crippen molar-refractivity contribution in [1.82, 2.24) is 5.01 Å². The van der Waals surface area contributed by atoms with E-state index in [9.17, 15) is 21.6 Å². The molecular weight excluding hydrogens is 583 g/mol. The number of nitrogens with zero attached hydrogens (tertiary/aromatic N) is 4. The Morgan fingerprint density at radius 3 is 2.24 bits per heavy atom. The summed E-state index contributed by atoms with van der Waals surface area (Å²) in [5.74, 6) is -0.327. The summed E-state index contributed by atoms with van der Waals surface area (Å²) in [4.78, 5) is 3.69. The van der Waals surface area contributed by atoms with Crippen molar-refractivity contribution in [3.63, 3.8) is 0 Å². The van der Waals surface area contributed by atoms with Crippen LogP contribution in [0, 0.1) is 0 Å². The molecule has 3 aromatic carbocycles. The Morgan fingerprint density at radius 2 is 1.66 bits per heavy atom. The van der Waals surface area contributed by atoms with Gasteiger partial charge in [0.1, 0.15) is 0 Å². The summed E-state index contributed by atoms with van der Waals surface area (Å²) in [7, 11) is -4.43. The molecule has 0 bridgehead atoms. The van der Waals surface area contributed by atoms with Gasteiger partial charge in [-0.1, -0.05) is 58.4 Å². The number of hydrogen-bond acceptors (Lipinski definition) is 3. The number of benzene rings is 3. The van der Waals surface area contributed by atoms with E-state index in [1.54, 1.807) is 0 Å². The third kappa shape index (κ3) is 6.48. The molecule has 1 aliphatic rings. The maximum Gasteiger partial charge on any atom is 0.416 e. The molecule has 1 unspecified atom stereocenters. The molecule has 1 atom stereocenters. The van der Waals surface area contributed by atoms with Crippen LogP contribution in [0.2, 0.25) is 0 Å². The van der Waals surface area contributed by atoms with Crippen LogP contribution in [0.5, 0.6) is 0 Å². The van der Waals surface area contributed by atoms with Crippen LogP contribution in [0.3, 0.4) is 0 Å². The number of hydrazone groups is 1. The Labute approximate surface area is 226 Å². The van der Waals surface area contributed by atoms with Crippen molar-refractivity contribution in [1.29, 1.82) is 0 Å². The van der Waals surface area contributed by atoms with Gasteiger partial charge in [-0.05, 0) is 60.9 Å². The molecule has 1 heterocycles. The fourth-order valence-electron chi connectivity index (χ4n) is 3.93. The van der Waals surface area contributed by atoms with Gasteiger partial charge in [-0.25, -0.2) is 5.01 Å². The number of halogens is 4. The Kier molecular flexibility index (Phi) is 8.02. The Hall–Kier alpha value is -3.51. The lowest BCUT2D eigenvalue weighted by molar-refractivity contribution is -0.137. The first-order valence-corrected chi connectivity index (χ1v) is 13.7. The number of guanidine groups is 1. The molecule has 0 aromatic heterocycles. The minimum atomic E-state index is -4.60. The molecule has 7 nitrogen and oxygen atoms in total. The summed E-state index contributed by atoms with van der Waals surface area (Å²) in [6.07, 6.45) is -4.03. The molecule has 4 rings (SSSR count). The second kappa shape index (κ2) is 11.1. The van der Waals surface area contributed by atoms with Gasteiger partial charge in [0, 0.05) is 16.9 Å². The van der Waals surface area contributed by atoms with Crippen LogP contribution in [0.15, 0.2) is 103 Å². The summed E-state index contributed by atoms with van der Waals surface area (Å²) in [6, 6.07) is 20.4. The van der Waals surface area contributed by atoms with Crippen LogP contribution in [0.4, 0.5) is 13.2 Å². The highest BCUT2D eigenvalue weighted by molar-refractivity contribution is 9.10. The molecule has 3 aromatic rings. The SMILES string of the molecule is C/C(N)=N/C(=N/S(=O)(=O)c1ccc(C(F)(F)F)cc1)N1CCC(c2ccccc2)C(c2ccc(Br)cc2)=N1. The van der Waals surface area contributed by atoms with Crippen molar-refractivity contribution in [2.45, 2.75) is 30.3 Å². The first kappa shape index (κ1) is 27.5. The van der Waals surface area contributed by atoms with Gasteiger partial charge in [0.25, 0.3) is 16.0 Å². The van der Waals surface area contributed by atoms with E-state index < -0.39 is 26.7 Å². The van der Waals surface area contributed by atoms with E-state index in [0.717, 1.165) is 27.7 Å². The predicted molar refractivity (Wildman–Crippen MR) is 145 cm³/mol. The molecule has 12 heteroatoms. The summed E-state index contributed by atoms with van der Waals surface area (Å²) < 4.78 is 69.6. The third-order valence-corrected chi connectivity index (χ3v) is 7.52. The number of amidine groups is 1. The van der Waals surface area contributed by atoms with Gasteiger partial charge >= 0.3 is 6.18 Å². The average Bonchev–Trinajstić information content (AvgIpc) is 2.88. The zero-order chi connectivity index (χ0) is 27.5. The minimum absolute atomic E-state index is 0.0388. The van der Waals surface area contributed by atoms with E-state index in [-0.39, 0.29) is 24.3 Å². The summed E-state index contributed by atoms with van der Waals surface area (Å²) in [5.41, 5.74) is 7.35. The van der Waals surface area contributed by atoms with Gasteiger partial charge in [0.05, 0.1) is 22.0 Å². The molecule has 2 N–H and O–H groups in total. The standard InChI is InChI=1S/C26H23BrF3N5O2S/c1-17(31)32-25(34-38(36,37)22-13-9-20(10-14-22)26(28,29)30)35-16-15-23(18-5-3-2-4-6-18)24(33-35)19-7-11-21(27)12-8-19/h2-14,23H,15-16H2,1H3,(H2,31,32,34). The van der Waals surface area contributed by atoms with Gasteiger partial charge in [-0.2, -0.15) is 31.7 Å². The maximum atomic E-state index is 13.0. The number of aliphatic imine (C=N–C) groups is 1. The lowest BCUT2D eigenvalue weighted by Crippen LogP contribution is -2.36. The lowest BCUT2D eigenvalue weighted by Gasteiger charge is -2.30. The average molecular weight is 606 g/mol. The second-order valence-corrected chi connectivity index (χ2v) is 11.0. The fourth-order valence-corrected chi connectivity index (χ4v) is 5.13. The van der Waals surface area contributed by atoms with Crippen molar-refractivity contribution in [3.05, 3.63) is 100 Å². The molecule has 1 aliphatic heterocycles. The van der Waals surface area contributed by atoms with Gasteiger partial charge in [0.15, 0.2) is 0 Å². The quantitative estimate of drug-likeness (QED) is 0.301. The van der Waals surface area contributed by atoms with Crippen molar-refractivity contribution < 1.29 is 21.6 Å². The van der Waals surface area contributed by atoms with E-state index in [4.69, 9.17) is 10.8 Å². The van der Waals surface area contributed by atoms with E-state index >= 15 is 0 Å². The van der Waals surface area contributed by atoms with E-state index in [1.165, 1.54) is 11.9 Å². The fraction of sp³-hybridized carbons (Fsp3) is 0.192. The van der Waals surface area contributed by atoms with Crippen LogP contribution in [0.1, 0.15) is 36.0 Å². The number of alkyl halides is 3. The summed E-state index contributed by atoms with van der Waals surface area (Å²) >= 11 is 3.43. The predicted octanol–water partition coefficient (Wildman–Crippen LogP) is 5.78. The Morgan fingerprint density at radius 1 is 1.03 bits per heavy atom. The lowest BCUT2D eigenvalue weighted by atomic mass is 9.86. The van der Waals surface area contributed by atoms with Crippen molar-refractivity contribution >= 4 is 43.5 Å². The summed E-state index contributed by atoms with van der Waals surface area (Å²) in [5, 5.41) is 6.10. The first-order chi connectivity index (χ1) is 17.9. The van der Waals surface area contributed by atoms with E-state index in [0.29, 0.717) is 24.3 Å². The molecule has 0 spiro atoms. The van der Waals surface area contributed by atoms with Gasteiger partial charge < -0.3 is 5.73 Å². The highest BCUT2D eigenvalue weighted by atomic mass is 79.9. The number of hydrogen-bond donors (Lipinski definition) is 1. The molecular formula is C26H23BrF3N5O2S.